The quantitative estimate of drug-likeness (QED) is 0.310. The summed E-state index contributed by atoms with van der Waals surface area (Å²) in [5.41, 5.74) is 0. The number of likely N-dealkylation sites (tertiary alicyclic amines) is 1. The minimum atomic E-state index is 0.0301. The second-order valence-electron chi connectivity index (χ2n) is 4.26. The van der Waals surface area contributed by atoms with Crippen molar-refractivity contribution < 1.29 is 9.63 Å². The van der Waals surface area contributed by atoms with E-state index in [0.717, 1.165) is 38.8 Å². The molecule has 0 saturated carbocycles. The maximum Gasteiger partial charge on any atom is 0.263 e. The van der Waals surface area contributed by atoms with Crippen LogP contribution in [0.4, 0.5) is 0 Å². The maximum atomic E-state index is 11.7. The summed E-state index contributed by atoms with van der Waals surface area (Å²) in [6.45, 7) is 9.39. The van der Waals surface area contributed by atoms with Gasteiger partial charge in [-0.25, -0.2) is 0 Å². The van der Waals surface area contributed by atoms with Crippen molar-refractivity contribution in [2.45, 2.75) is 46.0 Å². The lowest BCUT2D eigenvalue weighted by Crippen LogP contribution is -2.37. The van der Waals surface area contributed by atoms with Gasteiger partial charge in [0.05, 0.1) is 6.21 Å². The molecule has 1 saturated heterocycles. The van der Waals surface area contributed by atoms with Gasteiger partial charge in [0.2, 0.25) is 0 Å². The molecule has 1 aliphatic heterocycles. The van der Waals surface area contributed by atoms with Gasteiger partial charge in [0.25, 0.3) is 5.91 Å². The second-order valence-corrected chi connectivity index (χ2v) is 4.26. The molecule has 4 heteroatoms. The first-order valence-electron chi connectivity index (χ1n) is 7.53. The van der Waals surface area contributed by atoms with Crippen molar-refractivity contribution in [1.29, 1.82) is 0 Å². The van der Waals surface area contributed by atoms with Crippen molar-refractivity contribution in [3.63, 3.8) is 0 Å². The molecule has 0 unspecified atom stereocenters. The van der Waals surface area contributed by atoms with E-state index < -0.39 is 0 Å². The van der Waals surface area contributed by atoms with Crippen molar-refractivity contribution in [3.05, 3.63) is 24.8 Å². The third-order valence-corrected chi connectivity index (χ3v) is 2.79. The van der Waals surface area contributed by atoms with Crippen LogP contribution in [0.25, 0.3) is 0 Å². The summed E-state index contributed by atoms with van der Waals surface area (Å²) >= 11 is 0. The Morgan fingerprint density at radius 1 is 1.25 bits per heavy atom. The highest BCUT2D eigenvalue weighted by Crippen LogP contribution is 2.08. The Kier molecular flexibility index (Phi) is 12.7. The zero-order valence-corrected chi connectivity index (χ0v) is 12.9. The van der Waals surface area contributed by atoms with Gasteiger partial charge in [-0.2, -0.15) is 0 Å². The van der Waals surface area contributed by atoms with Gasteiger partial charge in [-0.1, -0.05) is 31.2 Å². The molecule has 0 N–H and O–H groups in total. The minimum Gasteiger partial charge on any atom is -0.386 e. The number of piperidine rings is 1. The predicted molar refractivity (Wildman–Crippen MR) is 84.8 cm³/mol. The van der Waals surface area contributed by atoms with Crippen LogP contribution >= 0.6 is 0 Å². The molecule has 1 heterocycles. The third-order valence-electron chi connectivity index (χ3n) is 2.79. The summed E-state index contributed by atoms with van der Waals surface area (Å²) in [5, 5.41) is 3.72. The van der Waals surface area contributed by atoms with E-state index >= 15 is 0 Å². The standard InChI is InChI=1S/C14H22N2O2.C2H6/c1-2-3-4-5-7-10-15-18-13-14(17)16-11-8-6-9-12-16;1-2/h2,5,7,10H,1,3-4,6,8-9,11-13H2;1-2H3/b7-5+,15-10-;. The molecule has 1 aliphatic rings. The Labute approximate surface area is 123 Å². The van der Waals surface area contributed by atoms with Crippen LogP contribution in [0.1, 0.15) is 46.0 Å². The van der Waals surface area contributed by atoms with Crippen LogP contribution in [-0.4, -0.2) is 36.7 Å². The SMILES string of the molecule is C=CCC/C=C/C=N\OCC(=O)N1CCCCC1.CC. The molecule has 0 bridgehead atoms. The number of amides is 1. The van der Waals surface area contributed by atoms with Crippen molar-refractivity contribution in [2.24, 2.45) is 5.16 Å². The van der Waals surface area contributed by atoms with Gasteiger partial charge in [-0.3, -0.25) is 4.79 Å². The molecular formula is C16H28N2O2. The highest BCUT2D eigenvalue weighted by molar-refractivity contribution is 5.77. The summed E-state index contributed by atoms with van der Waals surface area (Å²) in [7, 11) is 0. The van der Waals surface area contributed by atoms with Gasteiger partial charge in [-0.05, 0) is 38.2 Å². The number of nitrogens with zero attached hydrogens (tertiary/aromatic N) is 2. The Morgan fingerprint density at radius 2 is 1.95 bits per heavy atom. The fourth-order valence-corrected chi connectivity index (χ4v) is 1.78. The highest BCUT2D eigenvalue weighted by Gasteiger charge is 2.16. The summed E-state index contributed by atoms with van der Waals surface area (Å²) < 4.78 is 0. The number of carbonyl (C=O) groups is 1. The van der Waals surface area contributed by atoms with E-state index in [0.29, 0.717) is 0 Å². The number of oxime groups is 1. The van der Waals surface area contributed by atoms with Crippen LogP contribution in [0.15, 0.2) is 30.0 Å². The monoisotopic (exact) mass is 280 g/mol. The molecule has 0 aliphatic carbocycles. The van der Waals surface area contributed by atoms with Crippen molar-refractivity contribution in [3.8, 4) is 0 Å². The summed E-state index contributed by atoms with van der Waals surface area (Å²) in [4.78, 5) is 18.5. The topological polar surface area (TPSA) is 41.9 Å². The largest absolute Gasteiger partial charge is 0.386 e. The zero-order valence-electron chi connectivity index (χ0n) is 12.9. The third kappa shape index (κ3) is 9.36. The van der Waals surface area contributed by atoms with Crippen molar-refractivity contribution in [1.82, 2.24) is 4.90 Å². The van der Waals surface area contributed by atoms with Crippen LogP contribution in [-0.2, 0) is 9.63 Å². The van der Waals surface area contributed by atoms with Crippen LogP contribution in [0.2, 0.25) is 0 Å². The average molecular weight is 280 g/mol. The average Bonchev–Trinajstić information content (AvgIpc) is 2.52. The van der Waals surface area contributed by atoms with Gasteiger partial charge >= 0.3 is 0 Å². The Balaban J connectivity index is 0.00000172. The molecule has 0 aromatic heterocycles. The van der Waals surface area contributed by atoms with Crippen molar-refractivity contribution >= 4 is 12.1 Å². The van der Waals surface area contributed by atoms with Gasteiger partial charge in [0.15, 0.2) is 6.61 Å². The van der Waals surface area contributed by atoms with E-state index in [9.17, 15) is 4.79 Å². The molecule has 0 atom stereocenters. The molecule has 20 heavy (non-hydrogen) atoms. The fourth-order valence-electron chi connectivity index (χ4n) is 1.78. The van der Waals surface area contributed by atoms with Crippen LogP contribution < -0.4 is 0 Å². The van der Waals surface area contributed by atoms with Crippen LogP contribution in [0, 0.1) is 0 Å². The van der Waals surface area contributed by atoms with Gasteiger partial charge < -0.3 is 9.74 Å². The van der Waals surface area contributed by atoms with Gasteiger partial charge in [-0.15, -0.1) is 6.58 Å². The molecule has 4 nitrogen and oxygen atoms in total. The molecule has 0 aromatic rings. The van der Waals surface area contributed by atoms with E-state index in [4.69, 9.17) is 4.84 Å². The molecule has 114 valence electrons. The smallest absolute Gasteiger partial charge is 0.263 e. The Morgan fingerprint density at radius 3 is 2.60 bits per heavy atom. The Bertz CT molecular complexity index is 306. The lowest BCUT2D eigenvalue weighted by Gasteiger charge is -2.25. The van der Waals surface area contributed by atoms with E-state index in [-0.39, 0.29) is 12.5 Å². The highest BCUT2D eigenvalue weighted by atomic mass is 16.6. The first-order chi connectivity index (χ1) is 9.84. The normalized spacial score (nSPS) is 15.0. The molecule has 1 rings (SSSR count). The summed E-state index contributed by atoms with van der Waals surface area (Å²) in [6.07, 6.45) is 12.6. The zero-order chi connectivity index (χ0) is 15.1. The van der Waals surface area contributed by atoms with E-state index in [1.165, 1.54) is 6.42 Å². The number of hydrogen-bond acceptors (Lipinski definition) is 3. The molecule has 1 amide bonds. The first kappa shape index (κ1) is 18.4. The van der Waals surface area contributed by atoms with Crippen LogP contribution in [0.3, 0.4) is 0 Å². The molecule has 0 aromatic carbocycles. The number of rotatable bonds is 7. The summed E-state index contributed by atoms with van der Waals surface area (Å²) in [5.74, 6) is 0.0301. The Hall–Kier alpha value is -1.58. The number of carbonyl (C=O) groups excluding carboxylic acids is 1. The van der Waals surface area contributed by atoms with E-state index in [2.05, 4.69) is 11.7 Å². The summed E-state index contributed by atoms with van der Waals surface area (Å²) in [6, 6.07) is 0. The van der Waals surface area contributed by atoms with Crippen LogP contribution in [0.5, 0.6) is 0 Å². The van der Waals surface area contributed by atoms with E-state index in [1.54, 1.807) is 6.21 Å². The molecular weight excluding hydrogens is 252 g/mol. The lowest BCUT2D eigenvalue weighted by molar-refractivity contribution is -0.136. The number of allylic oxidation sites excluding steroid dienone is 3. The van der Waals surface area contributed by atoms with Crippen molar-refractivity contribution in [2.75, 3.05) is 19.7 Å². The number of hydrogen-bond donors (Lipinski definition) is 0. The molecule has 0 spiro atoms. The molecule has 0 radical (unpaired) electrons. The van der Waals surface area contributed by atoms with Gasteiger partial charge in [0, 0.05) is 13.1 Å². The van der Waals surface area contributed by atoms with Gasteiger partial charge in [0.1, 0.15) is 0 Å². The second kappa shape index (κ2) is 13.8. The first-order valence-corrected chi connectivity index (χ1v) is 7.53. The minimum absolute atomic E-state index is 0.0301. The van der Waals surface area contributed by atoms with E-state index in [1.807, 2.05) is 37.0 Å². The molecule has 1 fully saturated rings. The predicted octanol–water partition coefficient (Wildman–Crippen LogP) is 3.55. The maximum absolute atomic E-state index is 11.7. The fraction of sp³-hybridized carbons (Fsp3) is 0.625. The number of unbranched alkanes of at least 4 members (excludes halogenated alkanes) is 1. The lowest BCUT2D eigenvalue weighted by atomic mass is 10.1.